The second-order valence-corrected chi connectivity index (χ2v) is 15.1. The summed E-state index contributed by atoms with van der Waals surface area (Å²) in [7, 11) is 0. The van der Waals surface area contributed by atoms with E-state index in [1.165, 1.54) is 16.7 Å². The molecule has 0 aliphatic heterocycles. The zero-order chi connectivity index (χ0) is 37.2. The van der Waals surface area contributed by atoms with E-state index in [9.17, 15) is 0 Å². The van der Waals surface area contributed by atoms with Gasteiger partial charge in [0.2, 0.25) is 0 Å². The SMILES string of the molecule is Cc1c[c-]c(-c2ccc(CC(C)(C)C)cn2)cc1.Cc1ccc(-c2cccc3ccncc23)c2oc3c(-c4cc(-c5ccccc5)ccn4)[c-]ccc3c12.[Ir]. The Hall–Kier alpha value is -5.74. The van der Waals surface area contributed by atoms with E-state index in [0.717, 1.165) is 83.9 Å². The molecule has 9 rings (SSSR count). The van der Waals surface area contributed by atoms with Crippen molar-refractivity contribution in [1.82, 2.24) is 15.0 Å². The summed E-state index contributed by atoms with van der Waals surface area (Å²) in [5, 5.41) is 4.46. The van der Waals surface area contributed by atoms with Gasteiger partial charge in [0.15, 0.2) is 0 Å². The number of nitrogens with zero attached hydrogens (tertiary/aromatic N) is 3. The van der Waals surface area contributed by atoms with E-state index in [1.807, 2.05) is 55.1 Å². The molecule has 0 bridgehead atoms. The Labute approximate surface area is 336 Å². The van der Waals surface area contributed by atoms with Crippen molar-refractivity contribution in [3.8, 4) is 44.8 Å². The first-order valence-corrected chi connectivity index (χ1v) is 18.4. The number of fused-ring (bicyclic) bond motifs is 4. The third-order valence-corrected chi connectivity index (χ3v) is 9.69. The number of hydrogen-bond donors (Lipinski definition) is 0. The summed E-state index contributed by atoms with van der Waals surface area (Å²) in [6.45, 7) is 10.9. The Bertz CT molecular complexity index is 2720. The van der Waals surface area contributed by atoms with E-state index in [2.05, 4.69) is 148 Å². The second kappa shape index (κ2) is 15.9. The standard InChI is InChI=1S/C33H21N2O.C17H20N.Ir/c1-21-13-14-26(25-10-5-9-23-15-17-34-20-29(23)25)33-31(21)28-12-6-11-27(32(28)36-33)30-19-24(16-18-35-30)22-7-3-2-4-8-22;1-13-5-8-15(9-6-13)16-10-7-14(12-18-16)11-17(2,3)4;/h2-10,12-20H,1H3;5-8,10,12H,11H2,1-4H3;/q2*-1;. The molecule has 4 nitrogen and oxygen atoms in total. The first-order chi connectivity index (χ1) is 26.2. The molecule has 0 atom stereocenters. The van der Waals surface area contributed by atoms with Crippen LogP contribution in [0.3, 0.4) is 0 Å². The van der Waals surface area contributed by atoms with Crippen LogP contribution in [-0.4, -0.2) is 15.0 Å². The van der Waals surface area contributed by atoms with Crippen LogP contribution >= 0.6 is 0 Å². The van der Waals surface area contributed by atoms with E-state index in [0.29, 0.717) is 5.41 Å². The van der Waals surface area contributed by atoms with E-state index in [-0.39, 0.29) is 20.1 Å². The fourth-order valence-corrected chi connectivity index (χ4v) is 7.10. The predicted octanol–water partition coefficient (Wildman–Crippen LogP) is 13.1. The fraction of sp³-hybridized carbons (Fsp3) is 0.140. The maximum atomic E-state index is 6.71. The zero-order valence-corrected chi connectivity index (χ0v) is 34.0. The summed E-state index contributed by atoms with van der Waals surface area (Å²) in [5.41, 5.74) is 13.9. The molecule has 4 heterocycles. The number of aryl methyl sites for hydroxylation is 2. The van der Waals surface area contributed by atoms with Crippen molar-refractivity contribution < 1.29 is 24.5 Å². The van der Waals surface area contributed by atoms with Gasteiger partial charge in [0.05, 0.1) is 5.58 Å². The van der Waals surface area contributed by atoms with Gasteiger partial charge in [-0.15, -0.1) is 53.6 Å². The van der Waals surface area contributed by atoms with Crippen LogP contribution in [0, 0.1) is 31.4 Å². The number of benzene rings is 5. The molecule has 0 aliphatic carbocycles. The predicted molar refractivity (Wildman–Crippen MR) is 223 cm³/mol. The van der Waals surface area contributed by atoms with Crippen LogP contribution in [-0.2, 0) is 26.5 Å². The average molecular weight is 892 g/mol. The first-order valence-electron chi connectivity index (χ1n) is 18.4. The van der Waals surface area contributed by atoms with Gasteiger partial charge in [-0.2, -0.15) is 0 Å². The summed E-state index contributed by atoms with van der Waals surface area (Å²) in [4.78, 5) is 13.6. The van der Waals surface area contributed by atoms with Gasteiger partial charge in [-0.05, 0) is 75.5 Å². The van der Waals surface area contributed by atoms with Crippen LogP contribution in [0.1, 0.15) is 37.5 Å². The minimum atomic E-state index is 0. The molecule has 0 fully saturated rings. The van der Waals surface area contributed by atoms with Crippen molar-refractivity contribution in [3.63, 3.8) is 0 Å². The molecular formula is C50H41IrN3O-2. The summed E-state index contributed by atoms with van der Waals surface area (Å²) in [6, 6.07) is 48.3. The van der Waals surface area contributed by atoms with E-state index < -0.39 is 0 Å². The molecule has 0 saturated heterocycles. The molecule has 9 aromatic rings. The van der Waals surface area contributed by atoms with Crippen LogP contribution in [0.15, 0.2) is 151 Å². The maximum Gasteiger partial charge on any atom is 0.129 e. The van der Waals surface area contributed by atoms with Gasteiger partial charge < -0.3 is 14.4 Å². The third kappa shape index (κ3) is 8.05. The van der Waals surface area contributed by atoms with Gasteiger partial charge in [0.25, 0.3) is 0 Å². The molecule has 5 aromatic carbocycles. The van der Waals surface area contributed by atoms with Gasteiger partial charge in [-0.25, -0.2) is 0 Å². The first kappa shape index (κ1) is 37.6. The molecular weight excluding hydrogens is 851 g/mol. The molecule has 4 aromatic heterocycles. The molecule has 0 spiro atoms. The van der Waals surface area contributed by atoms with Crippen LogP contribution in [0.4, 0.5) is 0 Å². The number of rotatable bonds is 5. The topological polar surface area (TPSA) is 51.8 Å². The van der Waals surface area contributed by atoms with Crippen LogP contribution < -0.4 is 0 Å². The quantitative estimate of drug-likeness (QED) is 0.162. The smallest absolute Gasteiger partial charge is 0.129 e. The molecule has 5 heteroatoms. The fourth-order valence-electron chi connectivity index (χ4n) is 7.10. The normalized spacial score (nSPS) is 11.3. The minimum Gasteiger partial charge on any atom is -0.500 e. The van der Waals surface area contributed by atoms with Gasteiger partial charge in [0, 0.05) is 61.2 Å². The summed E-state index contributed by atoms with van der Waals surface area (Å²) < 4.78 is 6.71. The van der Waals surface area contributed by atoms with Crippen LogP contribution in [0.2, 0.25) is 0 Å². The van der Waals surface area contributed by atoms with Crippen LogP contribution in [0.25, 0.3) is 77.5 Å². The Balaban J connectivity index is 0.000000208. The van der Waals surface area contributed by atoms with Crippen molar-refractivity contribution in [2.24, 2.45) is 5.41 Å². The zero-order valence-electron chi connectivity index (χ0n) is 31.6. The number of furan rings is 1. The third-order valence-electron chi connectivity index (χ3n) is 9.69. The molecule has 273 valence electrons. The Morgan fingerprint density at radius 2 is 1.51 bits per heavy atom. The van der Waals surface area contributed by atoms with Crippen LogP contribution in [0.5, 0.6) is 0 Å². The molecule has 1 radical (unpaired) electrons. The van der Waals surface area contributed by atoms with Crippen molar-refractivity contribution in [1.29, 1.82) is 0 Å². The van der Waals surface area contributed by atoms with E-state index >= 15 is 0 Å². The molecule has 0 amide bonds. The molecule has 0 aliphatic rings. The monoisotopic (exact) mass is 892 g/mol. The molecule has 0 unspecified atom stereocenters. The van der Waals surface area contributed by atoms with E-state index in [1.54, 1.807) is 0 Å². The Kier molecular flexibility index (Phi) is 10.9. The molecule has 0 N–H and O–H groups in total. The number of hydrogen-bond acceptors (Lipinski definition) is 4. The maximum absolute atomic E-state index is 6.71. The van der Waals surface area contributed by atoms with Gasteiger partial charge >= 0.3 is 0 Å². The Morgan fingerprint density at radius 3 is 2.27 bits per heavy atom. The van der Waals surface area contributed by atoms with Crippen molar-refractivity contribution in [2.45, 2.75) is 41.0 Å². The number of aromatic nitrogens is 3. The largest absolute Gasteiger partial charge is 0.500 e. The van der Waals surface area contributed by atoms with Crippen molar-refractivity contribution in [3.05, 3.63) is 175 Å². The summed E-state index contributed by atoms with van der Waals surface area (Å²) in [6.07, 6.45) is 8.65. The van der Waals surface area contributed by atoms with Gasteiger partial charge in [-0.3, -0.25) is 4.98 Å². The van der Waals surface area contributed by atoms with E-state index in [4.69, 9.17) is 9.40 Å². The second-order valence-electron chi connectivity index (χ2n) is 15.1. The molecule has 55 heavy (non-hydrogen) atoms. The van der Waals surface area contributed by atoms with Gasteiger partial charge in [0.1, 0.15) is 5.58 Å². The summed E-state index contributed by atoms with van der Waals surface area (Å²) in [5.74, 6) is 0. The van der Waals surface area contributed by atoms with Crippen molar-refractivity contribution >= 4 is 32.7 Å². The summed E-state index contributed by atoms with van der Waals surface area (Å²) >= 11 is 0. The molecule has 0 saturated carbocycles. The van der Waals surface area contributed by atoms with Gasteiger partial charge in [-0.1, -0.05) is 118 Å². The Morgan fingerprint density at radius 1 is 0.655 bits per heavy atom. The van der Waals surface area contributed by atoms with Crippen molar-refractivity contribution in [2.75, 3.05) is 0 Å². The number of pyridine rings is 3. The minimum absolute atomic E-state index is 0. The average Bonchev–Trinajstić information content (AvgIpc) is 3.60.